The van der Waals surface area contributed by atoms with Gasteiger partial charge in [-0.15, -0.1) is 0 Å². The first-order chi connectivity index (χ1) is 43.7. The lowest BCUT2D eigenvalue weighted by molar-refractivity contribution is -0.148. The van der Waals surface area contributed by atoms with E-state index in [1.165, 1.54) is 18.5 Å². The number of ether oxygens (including phenoxy) is 4. The fourth-order valence-corrected chi connectivity index (χ4v) is 12.9. The molecule has 1 aromatic heterocycles. The Morgan fingerprint density at radius 1 is 0.736 bits per heavy atom. The topological polar surface area (TPSA) is 346 Å². The highest BCUT2D eigenvalue weighted by Gasteiger charge is 2.53. The Hall–Kier alpha value is -7.42. The third-order valence-corrected chi connectivity index (χ3v) is 18.0. The van der Waals surface area contributed by atoms with Crippen molar-refractivity contribution in [2.24, 2.45) is 29.1 Å². The summed E-state index contributed by atoms with van der Waals surface area (Å²) >= 11 is 0. The maximum absolute atomic E-state index is 15.0. The monoisotopic (exact) mass is 1270 g/mol. The number of Topliss-reactive ketones (excluding diaryl/α,β-unsaturated/α-hetero) is 3. The first kappa shape index (κ1) is 69.5. The van der Waals surface area contributed by atoms with Crippen LogP contribution in [0.2, 0.25) is 0 Å². The highest BCUT2D eigenvalue weighted by molar-refractivity contribution is 6.38. The minimum Gasteiger partial charge on any atom is -0.382 e. The molecule has 3 saturated carbocycles. The molecule has 91 heavy (non-hydrogen) atoms. The van der Waals surface area contributed by atoms with E-state index < -0.39 is 82.6 Å². The number of carbonyl (C=O) groups excluding carboxylic acids is 12. The smallest absolute Gasteiger partial charge is 0.289 e. The molecule has 7 atom stereocenters. The molecule has 26 heteroatoms. The summed E-state index contributed by atoms with van der Waals surface area (Å²) in [6, 6.07) is 0.911. The second kappa shape index (κ2) is 33.2. The highest BCUT2D eigenvalue weighted by Crippen LogP contribution is 2.45. The molecule has 6 aliphatic rings. The molecule has 4 heterocycles. The number of nitrogens with zero attached hydrogens (tertiary/aromatic N) is 4. The predicted octanol–water partition coefficient (Wildman–Crippen LogP) is 3.59. The van der Waals surface area contributed by atoms with Gasteiger partial charge in [-0.05, 0) is 93.1 Å². The Morgan fingerprint density at radius 2 is 1.43 bits per heavy atom. The van der Waals surface area contributed by atoms with Crippen LogP contribution in [0.1, 0.15) is 185 Å². The molecule has 1 unspecified atom stereocenters. The molecular weight excluding hydrogens is 1180 g/mol. The standard InChI is InChI=1S/C65H90N10O16/c1-5-12-46(57(80)61(84)70-41-20-21-41)71-60(83)56-42-16-9-15-40(42)38-74(56)63(86)44(65(2,3)4)35-51(77)55(39-13-7-6-8-14-39)73-58(81)48-37-68-47(36-69-48)50(76)19-11-27-88-31-33-91-30-26-67-52(78)24-28-89-32-34-90-29-25-66-45-18-10-17-43-54(45)64(87)75(62(43)85)49-22-23-53(79)72-59(49)82/h10,17-18,36-37,39-42,44,46,49,55-56,66H,5-9,11-16,19-35,38H2,1-4H3,(H,67,78)(H,70,84)(H,71,83)(H,73,81)(H,72,79,82)/t40-,42-,44+,46-,49?,55-,56-/m0/s1. The molecule has 9 amide bonds. The molecule has 0 bridgehead atoms. The van der Waals surface area contributed by atoms with Gasteiger partial charge in [-0.2, -0.15) is 0 Å². The van der Waals surface area contributed by atoms with E-state index in [0.29, 0.717) is 44.5 Å². The van der Waals surface area contributed by atoms with Gasteiger partial charge in [0.05, 0.1) is 81.9 Å². The van der Waals surface area contributed by atoms with Crippen molar-refractivity contribution in [1.29, 1.82) is 0 Å². The normalized spacial score (nSPS) is 20.9. The summed E-state index contributed by atoms with van der Waals surface area (Å²) in [5.41, 5.74) is 0.0280. The first-order valence-electron chi connectivity index (χ1n) is 32.6. The number of hydrogen-bond acceptors (Lipinski definition) is 19. The van der Waals surface area contributed by atoms with Gasteiger partial charge < -0.3 is 50.4 Å². The second-order valence-electron chi connectivity index (χ2n) is 25.7. The average molecular weight is 1270 g/mol. The summed E-state index contributed by atoms with van der Waals surface area (Å²) in [7, 11) is 0. The predicted molar refractivity (Wildman–Crippen MR) is 328 cm³/mol. The van der Waals surface area contributed by atoms with Crippen LogP contribution in [-0.4, -0.2) is 193 Å². The summed E-state index contributed by atoms with van der Waals surface area (Å²) in [5.74, 6) is -7.04. The van der Waals surface area contributed by atoms with Crippen LogP contribution in [0.15, 0.2) is 30.6 Å². The van der Waals surface area contributed by atoms with Gasteiger partial charge in [0.2, 0.25) is 35.3 Å². The van der Waals surface area contributed by atoms with E-state index in [2.05, 4.69) is 41.9 Å². The van der Waals surface area contributed by atoms with Crippen LogP contribution >= 0.6 is 0 Å². The summed E-state index contributed by atoms with van der Waals surface area (Å²) < 4.78 is 22.3. The van der Waals surface area contributed by atoms with Gasteiger partial charge in [0.15, 0.2) is 11.6 Å². The highest BCUT2D eigenvalue weighted by atomic mass is 16.5. The minimum absolute atomic E-state index is 0.0244. The molecule has 2 aromatic rings. The number of fused-ring (bicyclic) bond motifs is 2. The summed E-state index contributed by atoms with van der Waals surface area (Å²) in [6.45, 7) is 10.5. The van der Waals surface area contributed by atoms with Crippen molar-refractivity contribution in [2.75, 3.05) is 77.8 Å². The van der Waals surface area contributed by atoms with Crippen molar-refractivity contribution in [3.63, 3.8) is 0 Å². The van der Waals surface area contributed by atoms with Gasteiger partial charge in [0.25, 0.3) is 23.6 Å². The zero-order valence-corrected chi connectivity index (χ0v) is 52.9. The van der Waals surface area contributed by atoms with Crippen LogP contribution in [0.3, 0.4) is 0 Å². The van der Waals surface area contributed by atoms with E-state index in [1.807, 2.05) is 27.7 Å². The van der Waals surface area contributed by atoms with Crippen molar-refractivity contribution < 1.29 is 76.5 Å². The molecule has 0 radical (unpaired) electrons. The summed E-state index contributed by atoms with van der Waals surface area (Å²) in [6.07, 6.45) is 12.1. The molecule has 5 fully saturated rings. The van der Waals surface area contributed by atoms with Crippen molar-refractivity contribution in [1.82, 2.24) is 46.4 Å². The van der Waals surface area contributed by atoms with Gasteiger partial charge >= 0.3 is 0 Å². The maximum atomic E-state index is 15.0. The van der Waals surface area contributed by atoms with Crippen molar-refractivity contribution in [3.05, 3.63) is 53.1 Å². The number of rotatable bonds is 36. The number of carbonyl (C=O) groups is 12. The van der Waals surface area contributed by atoms with Crippen LogP contribution < -0.4 is 31.9 Å². The lowest BCUT2D eigenvalue weighted by Crippen LogP contribution is -2.56. The first-order valence-corrected chi connectivity index (χ1v) is 32.6. The Bertz CT molecular complexity index is 2980. The van der Waals surface area contributed by atoms with Crippen LogP contribution in [0.25, 0.3) is 0 Å². The number of likely N-dealkylation sites (tertiary alicyclic amines) is 1. The fourth-order valence-electron chi connectivity index (χ4n) is 12.9. The third-order valence-electron chi connectivity index (χ3n) is 18.0. The molecule has 496 valence electrons. The largest absolute Gasteiger partial charge is 0.382 e. The molecular formula is C65H90N10O16. The number of imide groups is 2. The molecule has 1 aromatic carbocycles. The van der Waals surface area contributed by atoms with Gasteiger partial charge in [-0.25, -0.2) is 9.97 Å². The van der Waals surface area contributed by atoms with E-state index in [1.54, 1.807) is 17.0 Å². The van der Waals surface area contributed by atoms with Gasteiger partial charge in [0.1, 0.15) is 23.5 Å². The van der Waals surface area contributed by atoms with Crippen LogP contribution in [0.5, 0.6) is 0 Å². The molecule has 6 N–H and O–H groups in total. The second-order valence-corrected chi connectivity index (χ2v) is 25.7. The van der Waals surface area contributed by atoms with Crippen molar-refractivity contribution in [2.45, 2.75) is 173 Å². The SMILES string of the molecule is CCC[C@H](NC(=O)[C@@H]1[C@H]2CCC[C@H]2CN1C(=O)[C@@H](CC(=O)[C@@H](NC(=O)c1cnc(C(=O)CCCOCCOCCNC(=O)CCOCCOCCNc2cccc3c2C(=O)N(C2CCC(=O)NC2=O)C3=O)cn1)C1CCCCC1)C(C)(C)C)C(=O)C(=O)NC1CC1. The molecule has 8 rings (SSSR count). The molecule has 3 aliphatic heterocycles. The average Bonchev–Trinajstić information content (AvgIpc) is 1.63. The zero-order valence-electron chi connectivity index (χ0n) is 52.9. The lowest BCUT2D eigenvalue weighted by Gasteiger charge is -2.37. The van der Waals surface area contributed by atoms with Gasteiger partial charge in [0, 0.05) is 69.6 Å². The summed E-state index contributed by atoms with van der Waals surface area (Å²) in [4.78, 5) is 171. The Morgan fingerprint density at radius 3 is 2.11 bits per heavy atom. The number of piperidine rings is 1. The number of nitrogens with one attached hydrogen (secondary N) is 6. The third kappa shape index (κ3) is 18.9. The lowest BCUT2D eigenvalue weighted by atomic mass is 9.74. The maximum Gasteiger partial charge on any atom is 0.289 e. The van der Waals surface area contributed by atoms with Gasteiger partial charge in [-0.3, -0.25) is 67.8 Å². The number of hydrogen-bond donors (Lipinski definition) is 6. The van der Waals surface area contributed by atoms with Crippen LogP contribution in [-0.2, 0) is 57.3 Å². The Kier molecular flexibility index (Phi) is 25.4. The van der Waals surface area contributed by atoms with E-state index in [-0.39, 0.29) is 168 Å². The number of benzene rings is 1. The zero-order chi connectivity index (χ0) is 65.2. The van der Waals surface area contributed by atoms with Crippen LogP contribution in [0, 0.1) is 29.1 Å². The Balaban J connectivity index is 0.689. The molecule has 3 aliphatic carbocycles. The van der Waals surface area contributed by atoms with E-state index in [0.717, 1.165) is 56.3 Å². The fraction of sp³-hybridized carbons (Fsp3) is 0.662. The quantitative estimate of drug-likeness (QED) is 0.0246. The Labute approximate surface area is 530 Å². The van der Waals surface area contributed by atoms with Crippen molar-refractivity contribution in [3.8, 4) is 0 Å². The minimum atomic E-state index is -1.06. The number of amides is 9. The van der Waals surface area contributed by atoms with Crippen molar-refractivity contribution >= 4 is 76.2 Å². The van der Waals surface area contributed by atoms with Crippen LogP contribution in [0.4, 0.5) is 5.69 Å². The van der Waals surface area contributed by atoms with E-state index in [4.69, 9.17) is 18.9 Å². The number of anilines is 1. The molecule has 0 spiro atoms. The van der Waals surface area contributed by atoms with E-state index >= 15 is 0 Å². The molecule has 26 nitrogen and oxygen atoms in total. The summed E-state index contributed by atoms with van der Waals surface area (Å²) in [5, 5.41) is 16.6. The molecule has 2 saturated heterocycles. The number of aromatic nitrogens is 2. The van der Waals surface area contributed by atoms with Gasteiger partial charge in [-0.1, -0.05) is 65.9 Å². The number of ketones is 3. The van der Waals surface area contributed by atoms with E-state index in [9.17, 15) is 57.5 Å².